The molecule has 0 aromatic heterocycles. The first-order chi connectivity index (χ1) is 22.8. The lowest BCUT2D eigenvalue weighted by atomic mass is 9.67. The molecule has 212 valence electrons. The van der Waals surface area contributed by atoms with Gasteiger partial charge in [-0.05, 0) is 77.9 Å². The molecule has 1 atom stereocenters. The van der Waals surface area contributed by atoms with Crippen molar-refractivity contribution in [3.05, 3.63) is 180 Å². The summed E-state index contributed by atoms with van der Waals surface area (Å²) in [4.78, 5) is 0. The van der Waals surface area contributed by atoms with Gasteiger partial charge in [-0.1, -0.05) is 152 Å². The van der Waals surface area contributed by atoms with Crippen LogP contribution < -0.4 is 4.74 Å². The van der Waals surface area contributed by atoms with E-state index in [0.717, 1.165) is 22.6 Å². The van der Waals surface area contributed by atoms with E-state index in [2.05, 4.69) is 158 Å². The van der Waals surface area contributed by atoms with Crippen molar-refractivity contribution < 1.29 is 4.74 Å². The Kier molecular flexibility index (Phi) is 4.57. The Morgan fingerprint density at radius 1 is 0.348 bits per heavy atom. The molecule has 0 radical (unpaired) electrons. The highest BCUT2D eigenvalue weighted by Gasteiger charge is 2.53. The maximum Gasteiger partial charge on any atom is 0.143 e. The zero-order chi connectivity index (χ0) is 30.0. The first kappa shape index (κ1) is 24.4. The topological polar surface area (TPSA) is 9.23 Å². The minimum Gasteiger partial charge on any atom is -0.455 e. The lowest BCUT2D eigenvalue weighted by Gasteiger charge is -2.33. The number of benzene rings is 8. The maximum atomic E-state index is 6.93. The molecule has 8 aromatic carbocycles. The van der Waals surface area contributed by atoms with E-state index >= 15 is 0 Å². The summed E-state index contributed by atoms with van der Waals surface area (Å²) in [6.45, 7) is 0. The molecule has 1 aliphatic heterocycles. The van der Waals surface area contributed by atoms with Crippen LogP contribution in [0.5, 0.6) is 11.5 Å². The van der Waals surface area contributed by atoms with E-state index in [0.29, 0.717) is 0 Å². The van der Waals surface area contributed by atoms with Gasteiger partial charge in [0.05, 0.1) is 5.41 Å². The summed E-state index contributed by atoms with van der Waals surface area (Å²) in [7, 11) is 0. The van der Waals surface area contributed by atoms with Gasteiger partial charge in [0.1, 0.15) is 11.5 Å². The van der Waals surface area contributed by atoms with Crippen molar-refractivity contribution in [3.63, 3.8) is 0 Å². The van der Waals surface area contributed by atoms with Gasteiger partial charge >= 0.3 is 0 Å². The smallest absolute Gasteiger partial charge is 0.143 e. The van der Waals surface area contributed by atoms with Crippen molar-refractivity contribution in [1.29, 1.82) is 0 Å². The van der Waals surface area contributed by atoms with Crippen LogP contribution in [0.1, 0.15) is 22.3 Å². The summed E-state index contributed by atoms with van der Waals surface area (Å²) < 4.78 is 6.93. The molecule has 46 heavy (non-hydrogen) atoms. The van der Waals surface area contributed by atoms with E-state index in [1.807, 2.05) is 0 Å². The molecule has 1 heteroatoms. The Bertz CT molecular complexity index is 2610. The number of rotatable bonds is 1. The Morgan fingerprint density at radius 3 is 1.65 bits per heavy atom. The normalized spacial score (nSPS) is 16.1. The second-order valence-corrected chi connectivity index (χ2v) is 12.7. The molecule has 2 aliphatic carbocycles. The maximum absolute atomic E-state index is 6.93. The van der Waals surface area contributed by atoms with Crippen LogP contribution in [0.4, 0.5) is 0 Å². The van der Waals surface area contributed by atoms with Crippen LogP contribution in [0.3, 0.4) is 0 Å². The molecule has 0 bridgehead atoms. The Labute approximate surface area is 267 Å². The molecule has 0 fully saturated rings. The van der Waals surface area contributed by atoms with Crippen LogP contribution in [0.2, 0.25) is 0 Å². The molecule has 1 nitrogen and oxygen atoms in total. The molecule has 0 N–H and O–H groups in total. The third kappa shape index (κ3) is 2.83. The molecule has 0 amide bonds. The predicted molar refractivity (Wildman–Crippen MR) is 189 cm³/mol. The highest BCUT2D eigenvalue weighted by atomic mass is 16.5. The van der Waals surface area contributed by atoms with Gasteiger partial charge in [0, 0.05) is 16.5 Å². The van der Waals surface area contributed by atoms with E-state index in [1.54, 1.807) is 0 Å². The molecule has 8 aromatic rings. The fraction of sp³-hybridized carbons (Fsp3) is 0.0222. The van der Waals surface area contributed by atoms with E-state index < -0.39 is 5.41 Å². The second kappa shape index (κ2) is 8.62. The van der Waals surface area contributed by atoms with Crippen molar-refractivity contribution in [2.24, 2.45) is 0 Å². The monoisotopic (exact) mass is 582 g/mol. The summed E-state index contributed by atoms with van der Waals surface area (Å²) in [5.41, 5.74) is 14.9. The number of hydrogen-bond acceptors (Lipinski definition) is 1. The molecule has 0 saturated carbocycles. The molecule has 11 rings (SSSR count). The second-order valence-electron chi connectivity index (χ2n) is 12.7. The summed E-state index contributed by atoms with van der Waals surface area (Å²) in [5.74, 6) is 1.85. The Balaban J connectivity index is 1.30. The highest BCUT2D eigenvalue weighted by molar-refractivity contribution is 6.08. The molecular weight excluding hydrogens is 556 g/mol. The van der Waals surface area contributed by atoms with Gasteiger partial charge in [0.2, 0.25) is 0 Å². The molecule has 3 aliphatic rings. The summed E-state index contributed by atoms with van der Waals surface area (Å²) >= 11 is 0. The summed E-state index contributed by atoms with van der Waals surface area (Å²) in [6.07, 6.45) is 0. The van der Waals surface area contributed by atoms with Crippen molar-refractivity contribution in [1.82, 2.24) is 0 Å². The first-order valence-corrected chi connectivity index (χ1v) is 16.0. The molecule has 1 spiro atoms. The lowest BCUT2D eigenvalue weighted by molar-refractivity contribution is 0.488. The van der Waals surface area contributed by atoms with Gasteiger partial charge in [-0.25, -0.2) is 0 Å². The third-order valence-electron chi connectivity index (χ3n) is 10.7. The van der Waals surface area contributed by atoms with Crippen LogP contribution >= 0.6 is 0 Å². The molecule has 0 saturated heterocycles. The fourth-order valence-electron chi connectivity index (χ4n) is 9.00. The van der Waals surface area contributed by atoms with Gasteiger partial charge in [0.15, 0.2) is 0 Å². The molecular formula is C45H26O. The average molecular weight is 583 g/mol. The first-order valence-electron chi connectivity index (χ1n) is 16.0. The number of hydrogen-bond donors (Lipinski definition) is 0. The number of para-hydroxylation sites is 1. The minimum atomic E-state index is -0.482. The van der Waals surface area contributed by atoms with Crippen molar-refractivity contribution in [3.8, 4) is 56.0 Å². The lowest BCUT2D eigenvalue weighted by Crippen LogP contribution is -2.27. The van der Waals surface area contributed by atoms with Crippen molar-refractivity contribution >= 4 is 21.5 Å². The van der Waals surface area contributed by atoms with Crippen LogP contribution in [-0.4, -0.2) is 0 Å². The summed E-state index contributed by atoms with van der Waals surface area (Å²) in [5, 5.41) is 4.96. The van der Waals surface area contributed by atoms with Crippen LogP contribution in [0.25, 0.3) is 66.1 Å². The third-order valence-corrected chi connectivity index (χ3v) is 10.7. The fourth-order valence-corrected chi connectivity index (χ4v) is 9.00. The van der Waals surface area contributed by atoms with E-state index in [1.165, 1.54) is 77.2 Å². The van der Waals surface area contributed by atoms with Crippen LogP contribution in [0, 0.1) is 0 Å². The van der Waals surface area contributed by atoms with E-state index in [-0.39, 0.29) is 0 Å². The standard InChI is InChI=1S/C45H26O/c1-2-14-29-27(11-1)25-26-35-31-16-4-6-23-39(31)45(42(29)35)38-22-5-3-15-30(38)33-18-9-19-34(43(33)45)37-21-10-20-36-32-17-7-12-28-13-8-24-40(41(28)32)46-44(36)37/h1-26H. The minimum absolute atomic E-state index is 0.482. The zero-order valence-corrected chi connectivity index (χ0v) is 24.9. The number of ether oxygens (including phenoxy) is 1. The molecule has 1 heterocycles. The van der Waals surface area contributed by atoms with Gasteiger partial charge in [-0.15, -0.1) is 0 Å². The Hall–Kier alpha value is -5.92. The molecule has 1 unspecified atom stereocenters. The van der Waals surface area contributed by atoms with Gasteiger partial charge < -0.3 is 4.74 Å². The quantitative estimate of drug-likeness (QED) is 0.187. The van der Waals surface area contributed by atoms with Gasteiger partial charge in [0.25, 0.3) is 0 Å². The average Bonchev–Trinajstić information content (AvgIpc) is 3.59. The van der Waals surface area contributed by atoms with Gasteiger partial charge in [-0.3, -0.25) is 0 Å². The number of fused-ring (bicyclic) bond motifs is 14. The van der Waals surface area contributed by atoms with Crippen LogP contribution in [0.15, 0.2) is 158 Å². The Morgan fingerprint density at radius 2 is 0.870 bits per heavy atom. The van der Waals surface area contributed by atoms with Crippen molar-refractivity contribution in [2.45, 2.75) is 5.41 Å². The summed E-state index contributed by atoms with van der Waals surface area (Å²) in [6, 6.07) is 58.2. The van der Waals surface area contributed by atoms with Crippen molar-refractivity contribution in [2.75, 3.05) is 0 Å². The van der Waals surface area contributed by atoms with Crippen LogP contribution in [-0.2, 0) is 5.41 Å². The van der Waals surface area contributed by atoms with E-state index in [9.17, 15) is 0 Å². The van der Waals surface area contributed by atoms with Gasteiger partial charge in [-0.2, -0.15) is 0 Å². The van der Waals surface area contributed by atoms with E-state index in [4.69, 9.17) is 4.74 Å². The SMILES string of the molecule is c1ccc2c(c1)-c1cccc(-c3cccc4c3Oc3cccc5cccc-4c35)c1C21c2ccccc2-c2ccc3ccccc3c21. The zero-order valence-electron chi connectivity index (χ0n) is 24.9. The largest absolute Gasteiger partial charge is 0.455 e. The predicted octanol–water partition coefficient (Wildman–Crippen LogP) is 11.8. The highest BCUT2D eigenvalue weighted by Crippen LogP contribution is 2.66.